The van der Waals surface area contributed by atoms with Gasteiger partial charge < -0.3 is 24.6 Å². The molecule has 2 aromatic rings. The molecule has 3 heterocycles. The van der Waals surface area contributed by atoms with Crippen molar-refractivity contribution >= 4 is 17.5 Å². The highest BCUT2D eigenvalue weighted by atomic mass is 16.5. The van der Waals surface area contributed by atoms with Gasteiger partial charge in [0.25, 0.3) is 0 Å². The van der Waals surface area contributed by atoms with Crippen molar-refractivity contribution in [2.75, 3.05) is 36.5 Å². The molecule has 0 radical (unpaired) electrons. The minimum Gasteiger partial charge on any atom is -0.494 e. The van der Waals surface area contributed by atoms with Crippen LogP contribution < -0.4 is 15.0 Å². The van der Waals surface area contributed by atoms with E-state index in [4.69, 9.17) is 14.5 Å². The van der Waals surface area contributed by atoms with Crippen LogP contribution in [0.15, 0.2) is 24.3 Å². The Labute approximate surface area is 225 Å². The normalized spacial score (nSPS) is 20.6. The van der Waals surface area contributed by atoms with Gasteiger partial charge in [0.15, 0.2) is 0 Å². The molecule has 38 heavy (non-hydrogen) atoms. The first-order valence-electron chi connectivity index (χ1n) is 13.9. The number of piperazine rings is 1. The fourth-order valence-electron chi connectivity index (χ4n) is 5.64. The molecule has 1 atom stereocenters. The lowest BCUT2D eigenvalue weighted by atomic mass is 9.87. The first kappa shape index (κ1) is 26.3. The lowest BCUT2D eigenvalue weighted by molar-refractivity contribution is -0.0407. The molecule has 2 amide bonds. The average Bonchev–Trinajstić information content (AvgIpc) is 3.73. The van der Waals surface area contributed by atoms with Gasteiger partial charge in [-0.15, -0.1) is 0 Å². The molecule has 1 aliphatic carbocycles. The van der Waals surface area contributed by atoms with Crippen molar-refractivity contribution in [2.24, 2.45) is 5.92 Å². The molecule has 8 nitrogen and oxygen atoms in total. The SMILES string of the molecule is CCOc1ccc(NC(=O)N2CCN(c3nc(C4CC4)c4c(c3C#N)CC(C)(C)OC4)CC2C(C)C)cc1. The Morgan fingerprint density at radius 2 is 1.97 bits per heavy atom. The summed E-state index contributed by atoms with van der Waals surface area (Å²) in [7, 11) is 0. The van der Waals surface area contributed by atoms with Crippen LogP contribution in [0.1, 0.15) is 75.8 Å². The first-order valence-corrected chi connectivity index (χ1v) is 13.9. The summed E-state index contributed by atoms with van der Waals surface area (Å²) in [6.45, 7) is 13.4. The van der Waals surface area contributed by atoms with Crippen LogP contribution in [0.5, 0.6) is 5.75 Å². The summed E-state index contributed by atoms with van der Waals surface area (Å²) in [5.74, 6) is 2.26. The van der Waals surface area contributed by atoms with E-state index in [2.05, 4.69) is 44.0 Å². The number of urea groups is 1. The van der Waals surface area contributed by atoms with Crippen molar-refractivity contribution in [3.63, 3.8) is 0 Å². The number of aromatic nitrogens is 1. The molecule has 0 spiro atoms. The number of carbonyl (C=O) groups excluding carboxylic acids is 1. The fourth-order valence-corrected chi connectivity index (χ4v) is 5.64. The number of rotatable bonds is 6. The van der Waals surface area contributed by atoms with Gasteiger partial charge >= 0.3 is 6.03 Å². The molecule has 3 aliphatic rings. The Bertz CT molecular complexity index is 1230. The maximum absolute atomic E-state index is 13.4. The van der Waals surface area contributed by atoms with Crippen LogP contribution in [0, 0.1) is 17.2 Å². The molecule has 2 fully saturated rings. The third-order valence-corrected chi connectivity index (χ3v) is 7.88. The summed E-state index contributed by atoms with van der Waals surface area (Å²) in [5.41, 5.74) is 4.45. The molecule has 1 unspecified atom stereocenters. The number of anilines is 2. The summed E-state index contributed by atoms with van der Waals surface area (Å²) in [4.78, 5) is 22.7. The number of hydrogen-bond donors (Lipinski definition) is 1. The molecule has 1 N–H and O–H groups in total. The number of fused-ring (bicyclic) bond motifs is 1. The van der Waals surface area contributed by atoms with Crippen LogP contribution in [0.4, 0.5) is 16.3 Å². The number of pyridine rings is 1. The molecule has 8 heteroatoms. The Morgan fingerprint density at radius 1 is 1.24 bits per heavy atom. The summed E-state index contributed by atoms with van der Waals surface area (Å²) >= 11 is 0. The minimum absolute atomic E-state index is 0.0139. The fraction of sp³-hybridized carbons (Fsp3) is 0.567. The third kappa shape index (κ3) is 5.30. The number of amides is 2. The number of nitrogens with one attached hydrogen (secondary N) is 1. The second kappa shape index (κ2) is 10.5. The summed E-state index contributed by atoms with van der Waals surface area (Å²) in [5, 5.41) is 13.4. The van der Waals surface area contributed by atoms with Crippen molar-refractivity contribution in [2.45, 2.75) is 78.0 Å². The van der Waals surface area contributed by atoms with Crippen LogP contribution in [-0.2, 0) is 17.8 Å². The van der Waals surface area contributed by atoms with Crippen LogP contribution in [0.25, 0.3) is 0 Å². The van der Waals surface area contributed by atoms with E-state index in [-0.39, 0.29) is 23.6 Å². The lowest BCUT2D eigenvalue weighted by Gasteiger charge is -2.44. The van der Waals surface area contributed by atoms with Gasteiger partial charge in [-0.3, -0.25) is 0 Å². The van der Waals surface area contributed by atoms with E-state index in [1.54, 1.807) is 0 Å². The van der Waals surface area contributed by atoms with Crippen molar-refractivity contribution in [1.82, 2.24) is 9.88 Å². The molecule has 1 aromatic heterocycles. The highest BCUT2D eigenvalue weighted by Crippen LogP contribution is 2.46. The number of carbonyl (C=O) groups is 1. The van der Waals surface area contributed by atoms with Crippen LogP contribution in [0.2, 0.25) is 0 Å². The third-order valence-electron chi connectivity index (χ3n) is 7.88. The smallest absolute Gasteiger partial charge is 0.322 e. The van der Waals surface area contributed by atoms with E-state index in [1.165, 1.54) is 0 Å². The summed E-state index contributed by atoms with van der Waals surface area (Å²) in [6, 6.07) is 9.85. The van der Waals surface area contributed by atoms with Crippen molar-refractivity contribution in [3.8, 4) is 11.8 Å². The van der Waals surface area contributed by atoms with Gasteiger partial charge in [0, 0.05) is 43.2 Å². The Morgan fingerprint density at radius 3 is 2.61 bits per heavy atom. The number of benzene rings is 1. The minimum atomic E-state index is -0.309. The lowest BCUT2D eigenvalue weighted by Crippen LogP contribution is -2.58. The molecule has 5 rings (SSSR count). The molecule has 0 bridgehead atoms. The second-order valence-corrected chi connectivity index (χ2v) is 11.6. The van der Waals surface area contributed by atoms with E-state index >= 15 is 0 Å². The predicted octanol–water partition coefficient (Wildman–Crippen LogP) is 5.46. The zero-order chi connectivity index (χ0) is 27.0. The van der Waals surface area contributed by atoms with Gasteiger partial charge in [0.2, 0.25) is 0 Å². The quantitative estimate of drug-likeness (QED) is 0.547. The number of nitrogens with zero attached hydrogens (tertiary/aromatic N) is 4. The van der Waals surface area contributed by atoms with Crippen LogP contribution in [0.3, 0.4) is 0 Å². The molecule has 1 saturated heterocycles. The van der Waals surface area contributed by atoms with E-state index in [0.717, 1.165) is 46.9 Å². The maximum Gasteiger partial charge on any atom is 0.322 e. The molecule has 202 valence electrons. The van der Waals surface area contributed by atoms with Gasteiger partial charge in [-0.25, -0.2) is 9.78 Å². The monoisotopic (exact) mass is 517 g/mol. The van der Waals surface area contributed by atoms with Crippen molar-refractivity contribution in [1.29, 1.82) is 5.26 Å². The highest BCUT2D eigenvalue weighted by molar-refractivity contribution is 5.90. The molecule has 1 saturated carbocycles. The Kier molecular flexibility index (Phi) is 7.23. The van der Waals surface area contributed by atoms with Crippen molar-refractivity contribution < 1.29 is 14.3 Å². The molecular weight excluding hydrogens is 478 g/mol. The molecule has 2 aliphatic heterocycles. The van der Waals surface area contributed by atoms with Gasteiger partial charge in [-0.1, -0.05) is 13.8 Å². The summed E-state index contributed by atoms with van der Waals surface area (Å²) < 4.78 is 11.6. The van der Waals surface area contributed by atoms with E-state index in [0.29, 0.717) is 50.8 Å². The number of hydrogen-bond acceptors (Lipinski definition) is 6. The molecule has 1 aromatic carbocycles. The first-order chi connectivity index (χ1) is 18.2. The number of nitriles is 1. The van der Waals surface area contributed by atoms with Crippen LogP contribution in [-0.4, -0.2) is 53.8 Å². The van der Waals surface area contributed by atoms with Crippen molar-refractivity contribution in [3.05, 3.63) is 46.6 Å². The average molecular weight is 518 g/mol. The van der Waals surface area contributed by atoms with E-state index in [1.807, 2.05) is 36.1 Å². The van der Waals surface area contributed by atoms with Gasteiger partial charge in [0.1, 0.15) is 17.6 Å². The second-order valence-electron chi connectivity index (χ2n) is 11.6. The molecular formula is C30H39N5O3. The topological polar surface area (TPSA) is 90.7 Å². The maximum atomic E-state index is 13.4. The van der Waals surface area contributed by atoms with E-state index < -0.39 is 0 Å². The van der Waals surface area contributed by atoms with Gasteiger partial charge in [0.05, 0.1) is 36.1 Å². The highest BCUT2D eigenvalue weighted by Gasteiger charge is 2.39. The van der Waals surface area contributed by atoms with Gasteiger partial charge in [-0.2, -0.15) is 5.26 Å². The Balaban J connectivity index is 1.39. The Hall–Kier alpha value is -3.31. The standard InChI is InChI=1S/C30H39N5O3/c1-6-37-22-11-9-21(10-12-22)32-29(36)35-14-13-34(17-26(35)19(2)3)28-24(16-31)23-15-30(4,5)38-18-25(23)27(33-28)20-7-8-20/h9-12,19-20,26H,6-8,13-15,17-18H2,1-5H3,(H,32,36). The van der Waals surface area contributed by atoms with E-state index in [9.17, 15) is 10.1 Å². The van der Waals surface area contributed by atoms with Crippen LogP contribution >= 0.6 is 0 Å². The van der Waals surface area contributed by atoms with Gasteiger partial charge in [-0.05, 0) is 69.4 Å². The summed E-state index contributed by atoms with van der Waals surface area (Å²) in [6.07, 6.45) is 2.99. The predicted molar refractivity (Wildman–Crippen MR) is 148 cm³/mol. The largest absolute Gasteiger partial charge is 0.494 e. The number of ether oxygens (including phenoxy) is 2. The zero-order valence-corrected chi connectivity index (χ0v) is 23.2. The zero-order valence-electron chi connectivity index (χ0n) is 23.2.